The van der Waals surface area contributed by atoms with Gasteiger partial charge in [-0.05, 0) is 38.1 Å². The van der Waals surface area contributed by atoms with Gasteiger partial charge >= 0.3 is 0 Å². The number of hydrogen-bond donors (Lipinski definition) is 0. The van der Waals surface area contributed by atoms with Crippen LogP contribution in [0, 0.1) is 0 Å². The number of benzene rings is 1. The van der Waals surface area contributed by atoms with Crippen LogP contribution in [-0.4, -0.2) is 30.9 Å². The normalized spacial score (nSPS) is 16.9. The maximum Gasteiger partial charge on any atom is 0.133 e. The van der Waals surface area contributed by atoms with E-state index in [-0.39, 0.29) is 0 Å². The number of nitrogens with zero attached hydrogens (tertiary/aromatic N) is 1. The number of ketones is 1. The van der Waals surface area contributed by atoms with Crippen LogP contribution >= 0.6 is 15.9 Å². The minimum Gasteiger partial charge on any atom is -0.496 e. The number of methoxy groups -OCH3 is 1. The lowest BCUT2D eigenvalue weighted by Crippen LogP contribution is -2.34. The molecule has 1 fully saturated rings. The molecule has 104 valence electrons. The van der Waals surface area contributed by atoms with Crippen LogP contribution in [0.15, 0.2) is 22.7 Å². The standard InChI is InChI=1S/C15H20BrNO2/c1-17(13-4-6-14(18)7-5-13)10-11-9-12(16)3-8-15(11)19-2/h3,8-9,13H,4-7,10H2,1-2H3. The summed E-state index contributed by atoms with van der Waals surface area (Å²) >= 11 is 3.50. The lowest BCUT2D eigenvalue weighted by Gasteiger charge is -2.31. The van der Waals surface area contributed by atoms with Crippen molar-refractivity contribution in [3.8, 4) is 5.75 Å². The molecule has 0 unspecified atom stereocenters. The molecule has 0 radical (unpaired) electrons. The molecular weight excluding hydrogens is 306 g/mol. The third-order valence-electron chi connectivity index (χ3n) is 3.80. The molecule has 0 bridgehead atoms. The molecule has 1 aliphatic rings. The van der Waals surface area contributed by atoms with Crippen LogP contribution in [0.5, 0.6) is 5.75 Å². The molecule has 19 heavy (non-hydrogen) atoms. The van der Waals surface area contributed by atoms with Crippen molar-refractivity contribution in [2.45, 2.75) is 38.3 Å². The maximum atomic E-state index is 11.3. The Morgan fingerprint density at radius 3 is 2.68 bits per heavy atom. The topological polar surface area (TPSA) is 29.5 Å². The highest BCUT2D eigenvalue weighted by atomic mass is 79.9. The highest BCUT2D eigenvalue weighted by Gasteiger charge is 2.22. The molecule has 2 rings (SSSR count). The fourth-order valence-electron chi connectivity index (χ4n) is 2.63. The molecule has 1 aromatic rings. The largest absolute Gasteiger partial charge is 0.496 e. The Bertz CT molecular complexity index is 451. The zero-order chi connectivity index (χ0) is 13.8. The number of ether oxygens (including phenoxy) is 1. The average Bonchev–Trinajstić information content (AvgIpc) is 2.39. The molecule has 1 aromatic carbocycles. The van der Waals surface area contributed by atoms with Crippen molar-refractivity contribution in [1.82, 2.24) is 4.90 Å². The van der Waals surface area contributed by atoms with E-state index in [0.29, 0.717) is 11.8 Å². The van der Waals surface area contributed by atoms with E-state index in [4.69, 9.17) is 4.74 Å². The van der Waals surface area contributed by atoms with Crippen molar-refractivity contribution in [2.24, 2.45) is 0 Å². The van der Waals surface area contributed by atoms with E-state index >= 15 is 0 Å². The number of carbonyl (C=O) groups is 1. The first-order chi connectivity index (χ1) is 9.10. The Hall–Kier alpha value is -0.870. The summed E-state index contributed by atoms with van der Waals surface area (Å²) in [6.07, 6.45) is 3.41. The summed E-state index contributed by atoms with van der Waals surface area (Å²) in [6.45, 7) is 0.849. The summed E-state index contributed by atoms with van der Waals surface area (Å²) in [7, 11) is 3.83. The first kappa shape index (κ1) is 14.5. The molecule has 0 amide bonds. The van der Waals surface area contributed by atoms with Crippen molar-refractivity contribution < 1.29 is 9.53 Å². The fourth-order valence-corrected chi connectivity index (χ4v) is 3.04. The first-order valence-electron chi connectivity index (χ1n) is 6.64. The van der Waals surface area contributed by atoms with Gasteiger partial charge in [-0.3, -0.25) is 9.69 Å². The third-order valence-corrected chi connectivity index (χ3v) is 4.29. The van der Waals surface area contributed by atoms with Crippen molar-refractivity contribution in [3.05, 3.63) is 28.2 Å². The van der Waals surface area contributed by atoms with Crippen molar-refractivity contribution >= 4 is 21.7 Å². The molecule has 1 aliphatic carbocycles. The van der Waals surface area contributed by atoms with Gasteiger partial charge in [-0.2, -0.15) is 0 Å². The van der Waals surface area contributed by atoms with Gasteiger partial charge in [-0.1, -0.05) is 15.9 Å². The van der Waals surface area contributed by atoms with Gasteiger partial charge in [0, 0.05) is 35.5 Å². The molecule has 0 aliphatic heterocycles. The number of Topliss-reactive ketones (excluding diaryl/α,β-unsaturated/α-hetero) is 1. The number of halogens is 1. The van der Waals surface area contributed by atoms with Gasteiger partial charge in [0.15, 0.2) is 0 Å². The molecule has 0 saturated heterocycles. The molecule has 0 atom stereocenters. The number of hydrogen-bond acceptors (Lipinski definition) is 3. The predicted molar refractivity (Wildman–Crippen MR) is 79.4 cm³/mol. The van der Waals surface area contributed by atoms with Crippen LogP contribution in [0.4, 0.5) is 0 Å². The zero-order valence-electron chi connectivity index (χ0n) is 11.5. The summed E-state index contributed by atoms with van der Waals surface area (Å²) in [5.74, 6) is 1.33. The van der Waals surface area contributed by atoms with Gasteiger partial charge < -0.3 is 4.74 Å². The van der Waals surface area contributed by atoms with Crippen molar-refractivity contribution in [3.63, 3.8) is 0 Å². The monoisotopic (exact) mass is 325 g/mol. The summed E-state index contributed by atoms with van der Waals surface area (Å²) in [5.41, 5.74) is 1.18. The third kappa shape index (κ3) is 3.80. The number of carbonyl (C=O) groups excluding carboxylic acids is 1. The minimum atomic E-state index is 0.407. The van der Waals surface area contributed by atoms with E-state index in [2.05, 4.69) is 33.9 Å². The smallest absolute Gasteiger partial charge is 0.133 e. The second-order valence-corrected chi connectivity index (χ2v) is 6.06. The van der Waals surface area contributed by atoms with E-state index in [1.807, 2.05) is 12.1 Å². The Kier molecular flexibility index (Phi) is 4.99. The quantitative estimate of drug-likeness (QED) is 0.849. The van der Waals surface area contributed by atoms with Gasteiger partial charge in [-0.15, -0.1) is 0 Å². The van der Waals surface area contributed by atoms with Crippen LogP contribution < -0.4 is 4.74 Å². The number of rotatable bonds is 4. The summed E-state index contributed by atoms with van der Waals surface area (Å²) in [5, 5.41) is 0. The SMILES string of the molecule is COc1ccc(Br)cc1CN(C)C1CCC(=O)CC1. The van der Waals surface area contributed by atoms with E-state index < -0.39 is 0 Å². The first-order valence-corrected chi connectivity index (χ1v) is 7.44. The lowest BCUT2D eigenvalue weighted by molar-refractivity contribution is -0.121. The van der Waals surface area contributed by atoms with Gasteiger partial charge in [0.05, 0.1) is 7.11 Å². The van der Waals surface area contributed by atoms with Crippen LogP contribution in [0.1, 0.15) is 31.2 Å². The molecule has 1 saturated carbocycles. The molecule has 0 spiro atoms. The van der Waals surface area contributed by atoms with Crippen LogP contribution in [0.2, 0.25) is 0 Å². The van der Waals surface area contributed by atoms with Gasteiger partial charge in [0.1, 0.15) is 11.5 Å². The lowest BCUT2D eigenvalue weighted by atomic mass is 9.93. The highest BCUT2D eigenvalue weighted by molar-refractivity contribution is 9.10. The Morgan fingerprint density at radius 2 is 2.05 bits per heavy atom. The molecule has 0 heterocycles. The zero-order valence-corrected chi connectivity index (χ0v) is 13.1. The van der Waals surface area contributed by atoms with Crippen LogP contribution in [0.25, 0.3) is 0 Å². The fraction of sp³-hybridized carbons (Fsp3) is 0.533. The van der Waals surface area contributed by atoms with Crippen molar-refractivity contribution in [1.29, 1.82) is 0 Å². The van der Waals surface area contributed by atoms with Gasteiger partial charge in [0.25, 0.3) is 0 Å². The minimum absolute atomic E-state index is 0.407. The molecule has 0 aromatic heterocycles. The van der Waals surface area contributed by atoms with E-state index in [1.165, 1.54) is 5.56 Å². The Labute approximate surface area is 123 Å². The molecule has 0 N–H and O–H groups in total. The van der Waals surface area contributed by atoms with Crippen molar-refractivity contribution in [2.75, 3.05) is 14.2 Å². The van der Waals surface area contributed by atoms with E-state index in [9.17, 15) is 4.79 Å². The molecule has 3 nitrogen and oxygen atoms in total. The highest BCUT2D eigenvalue weighted by Crippen LogP contribution is 2.27. The second-order valence-electron chi connectivity index (χ2n) is 5.14. The maximum absolute atomic E-state index is 11.3. The Morgan fingerprint density at radius 1 is 1.37 bits per heavy atom. The average molecular weight is 326 g/mol. The Balaban J connectivity index is 2.03. The predicted octanol–water partition coefficient (Wildman–Crippen LogP) is 3.40. The molecular formula is C15H20BrNO2. The summed E-state index contributed by atoms with van der Waals surface area (Å²) in [6, 6.07) is 6.57. The van der Waals surface area contributed by atoms with Crippen LogP contribution in [0.3, 0.4) is 0 Å². The van der Waals surface area contributed by atoms with Gasteiger partial charge in [0.2, 0.25) is 0 Å². The summed E-state index contributed by atoms with van der Waals surface area (Å²) in [4.78, 5) is 13.6. The summed E-state index contributed by atoms with van der Waals surface area (Å²) < 4.78 is 6.47. The van der Waals surface area contributed by atoms with Crippen LogP contribution in [-0.2, 0) is 11.3 Å². The van der Waals surface area contributed by atoms with E-state index in [1.54, 1.807) is 7.11 Å². The second kappa shape index (κ2) is 6.53. The van der Waals surface area contributed by atoms with E-state index in [0.717, 1.165) is 42.5 Å². The molecule has 4 heteroatoms. The van der Waals surface area contributed by atoms with Gasteiger partial charge in [-0.25, -0.2) is 0 Å².